The van der Waals surface area contributed by atoms with Crippen molar-refractivity contribution in [2.45, 2.75) is 31.5 Å². The fourth-order valence-corrected chi connectivity index (χ4v) is 3.07. The molecule has 3 rings (SSSR count). The predicted molar refractivity (Wildman–Crippen MR) is 89.6 cm³/mol. The third-order valence-electron chi connectivity index (χ3n) is 3.65. The lowest BCUT2D eigenvalue weighted by atomic mass is 10.1. The lowest BCUT2D eigenvalue weighted by molar-refractivity contribution is -0.0501. The topological polar surface area (TPSA) is 152 Å². The maximum Gasteiger partial charge on any atom is 0.207 e. The van der Waals surface area contributed by atoms with E-state index in [0.717, 1.165) is 0 Å². The summed E-state index contributed by atoms with van der Waals surface area (Å²) in [5.74, 6) is 0.601. The first-order chi connectivity index (χ1) is 11.0. The Balaban J connectivity index is 2.17. The molecule has 2 aromatic heterocycles. The Hall–Kier alpha value is -1.28. The Labute approximate surface area is 144 Å². The van der Waals surface area contributed by atoms with E-state index in [9.17, 15) is 15.3 Å². The number of nitrogens with two attached hydrogens (primary N) is 1. The second-order valence-corrected chi connectivity index (χ2v) is 6.08. The molecular formula is C12H17IN6O4. The van der Waals surface area contributed by atoms with Crippen molar-refractivity contribution in [3.63, 3.8) is 0 Å². The van der Waals surface area contributed by atoms with E-state index in [-0.39, 0.29) is 5.82 Å². The summed E-state index contributed by atoms with van der Waals surface area (Å²) in [7, 11) is 0. The van der Waals surface area contributed by atoms with Crippen LogP contribution in [0.15, 0.2) is 0 Å². The van der Waals surface area contributed by atoms with Gasteiger partial charge < -0.3 is 31.1 Å². The summed E-state index contributed by atoms with van der Waals surface area (Å²) in [6.45, 7) is 2.05. The van der Waals surface area contributed by atoms with Crippen molar-refractivity contribution in [2.24, 2.45) is 0 Å². The summed E-state index contributed by atoms with van der Waals surface area (Å²) >= 11 is 1.93. The molecule has 0 aliphatic carbocycles. The molecule has 6 N–H and O–H groups in total. The van der Waals surface area contributed by atoms with Gasteiger partial charge in [0.15, 0.2) is 27.0 Å². The van der Waals surface area contributed by atoms with Crippen molar-refractivity contribution >= 4 is 45.5 Å². The number of hydrogen-bond acceptors (Lipinski definition) is 9. The van der Waals surface area contributed by atoms with E-state index in [2.05, 4.69) is 20.3 Å². The van der Waals surface area contributed by atoms with Gasteiger partial charge in [-0.1, -0.05) is 0 Å². The lowest BCUT2D eigenvalue weighted by Gasteiger charge is -2.19. The Bertz CT molecular complexity index is 725. The fraction of sp³-hybridized carbons (Fsp3) is 0.583. The summed E-state index contributed by atoms with van der Waals surface area (Å²) in [4.78, 5) is 12.7. The third kappa shape index (κ3) is 2.71. The number of nitrogens with one attached hydrogen (secondary N) is 1. The van der Waals surface area contributed by atoms with Crippen molar-refractivity contribution in [1.82, 2.24) is 19.5 Å². The molecule has 0 saturated carbocycles. The van der Waals surface area contributed by atoms with Crippen LogP contribution >= 0.6 is 22.6 Å². The number of imidazole rings is 1. The lowest BCUT2D eigenvalue weighted by Crippen LogP contribution is -2.33. The molecule has 0 radical (unpaired) electrons. The van der Waals surface area contributed by atoms with E-state index in [0.29, 0.717) is 27.5 Å². The molecule has 3 heterocycles. The van der Waals surface area contributed by atoms with E-state index in [1.165, 1.54) is 4.57 Å². The first kappa shape index (κ1) is 16.6. The first-order valence-corrected chi connectivity index (χ1v) is 8.13. The van der Waals surface area contributed by atoms with Crippen molar-refractivity contribution in [3.05, 3.63) is 3.83 Å². The minimum atomic E-state index is -1.24. The fourth-order valence-electron chi connectivity index (χ4n) is 2.58. The standard InChI is InChI=1S/C12H17IN6O4/c1-2-15-12-16-5-8(14)17-11(13)18-9(5)19(12)10-7(22)6(21)4(3-20)23-10/h4,6-7,10,20-22H,2-3H2,1H3,(H,15,16)(H2,14,17,18)/t4-,6+,7-,10-/m1/s1. The number of nitrogen functional groups attached to an aromatic ring is 1. The van der Waals surface area contributed by atoms with Gasteiger partial charge >= 0.3 is 0 Å². The summed E-state index contributed by atoms with van der Waals surface area (Å²) < 4.78 is 7.53. The van der Waals surface area contributed by atoms with E-state index in [4.69, 9.17) is 10.5 Å². The van der Waals surface area contributed by atoms with Crippen LogP contribution < -0.4 is 11.1 Å². The number of nitrogens with zero attached hydrogens (tertiary/aromatic N) is 4. The Kier molecular flexibility index (Phi) is 4.55. The van der Waals surface area contributed by atoms with Crippen LogP contribution in [0.1, 0.15) is 13.2 Å². The Morgan fingerprint density at radius 2 is 2.04 bits per heavy atom. The van der Waals surface area contributed by atoms with E-state index in [1.54, 1.807) is 0 Å². The second-order valence-electron chi connectivity index (χ2n) is 5.11. The molecule has 23 heavy (non-hydrogen) atoms. The summed E-state index contributed by atoms with van der Waals surface area (Å²) in [6, 6.07) is 0. The molecule has 10 nitrogen and oxygen atoms in total. The molecule has 126 valence electrons. The SMILES string of the molecule is CCNc1nc2c(N)nc(I)nc2n1[C@@H]1O[C@H](CO)[C@H](O)[C@H]1O. The number of aromatic nitrogens is 4. The van der Waals surface area contributed by atoms with Gasteiger partial charge in [-0.05, 0) is 6.92 Å². The van der Waals surface area contributed by atoms with Crippen molar-refractivity contribution < 1.29 is 20.1 Å². The number of rotatable bonds is 4. The highest BCUT2D eigenvalue weighted by Crippen LogP contribution is 2.35. The van der Waals surface area contributed by atoms with Crippen LogP contribution in [-0.2, 0) is 4.74 Å². The normalized spacial score (nSPS) is 27.7. The molecular weight excluding hydrogens is 419 g/mol. The summed E-state index contributed by atoms with van der Waals surface area (Å²) in [5, 5.41) is 32.6. The Morgan fingerprint density at radius 3 is 2.65 bits per heavy atom. The molecule has 1 fully saturated rings. The van der Waals surface area contributed by atoms with Crippen LogP contribution in [0, 0.1) is 3.83 Å². The zero-order valence-electron chi connectivity index (χ0n) is 12.2. The summed E-state index contributed by atoms with van der Waals surface area (Å²) in [5.41, 5.74) is 6.65. The molecule has 0 spiro atoms. The van der Waals surface area contributed by atoms with Crippen LogP contribution in [0.2, 0.25) is 0 Å². The zero-order valence-corrected chi connectivity index (χ0v) is 14.4. The minimum absolute atomic E-state index is 0.212. The average Bonchev–Trinajstić information content (AvgIpc) is 2.99. The molecule has 0 unspecified atom stereocenters. The van der Waals surface area contributed by atoms with Gasteiger partial charge in [-0.2, -0.15) is 0 Å². The highest BCUT2D eigenvalue weighted by molar-refractivity contribution is 14.1. The predicted octanol–water partition coefficient (Wildman–Crippen LogP) is -0.944. The van der Waals surface area contributed by atoms with Crippen LogP contribution in [0.4, 0.5) is 11.8 Å². The highest BCUT2D eigenvalue weighted by atomic mass is 127. The maximum absolute atomic E-state index is 10.3. The average molecular weight is 436 g/mol. The van der Waals surface area contributed by atoms with Gasteiger partial charge in [0.2, 0.25) is 5.95 Å². The molecule has 0 bridgehead atoms. The van der Waals surface area contributed by atoms with Crippen LogP contribution in [0.5, 0.6) is 0 Å². The number of halogens is 1. The second kappa shape index (κ2) is 6.32. The van der Waals surface area contributed by atoms with Crippen molar-refractivity contribution in [1.29, 1.82) is 0 Å². The number of aliphatic hydroxyl groups is 3. The van der Waals surface area contributed by atoms with E-state index >= 15 is 0 Å². The smallest absolute Gasteiger partial charge is 0.207 e. The van der Waals surface area contributed by atoms with Crippen molar-refractivity contribution in [2.75, 3.05) is 24.2 Å². The van der Waals surface area contributed by atoms with Gasteiger partial charge in [-0.15, -0.1) is 0 Å². The monoisotopic (exact) mass is 436 g/mol. The third-order valence-corrected chi connectivity index (χ3v) is 4.13. The van der Waals surface area contributed by atoms with Crippen LogP contribution in [-0.4, -0.2) is 66.3 Å². The Morgan fingerprint density at radius 1 is 1.30 bits per heavy atom. The molecule has 0 aromatic carbocycles. The van der Waals surface area contributed by atoms with E-state index in [1.807, 2.05) is 29.5 Å². The van der Waals surface area contributed by atoms with Gasteiger partial charge in [0.05, 0.1) is 6.61 Å². The zero-order chi connectivity index (χ0) is 16.7. The minimum Gasteiger partial charge on any atom is -0.394 e. The number of ether oxygens (including phenoxy) is 1. The van der Waals surface area contributed by atoms with Gasteiger partial charge in [0.25, 0.3) is 0 Å². The number of aliphatic hydroxyl groups excluding tert-OH is 3. The van der Waals surface area contributed by atoms with Gasteiger partial charge in [-0.25, -0.2) is 15.0 Å². The molecule has 1 aliphatic heterocycles. The first-order valence-electron chi connectivity index (χ1n) is 7.05. The molecule has 4 atom stereocenters. The molecule has 2 aromatic rings. The van der Waals surface area contributed by atoms with Crippen molar-refractivity contribution in [3.8, 4) is 0 Å². The quantitative estimate of drug-likeness (QED) is 0.302. The van der Waals surface area contributed by atoms with Crippen LogP contribution in [0.25, 0.3) is 11.2 Å². The number of anilines is 2. The van der Waals surface area contributed by atoms with E-state index < -0.39 is 31.1 Å². The van der Waals surface area contributed by atoms with Gasteiger partial charge in [0, 0.05) is 29.1 Å². The van der Waals surface area contributed by atoms with Crippen LogP contribution in [0.3, 0.4) is 0 Å². The van der Waals surface area contributed by atoms with Gasteiger partial charge in [0.1, 0.15) is 18.3 Å². The maximum atomic E-state index is 10.3. The molecule has 11 heteroatoms. The number of fused-ring (bicyclic) bond motifs is 1. The molecule has 1 saturated heterocycles. The summed E-state index contributed by atoms with van der Waals surface area (Å²) in [6.07, 6.45) is -4.29. The number of hydrogen-bond donors (Lipinski definition) is 5. The van der Waals surface area contributed by atoms with Gasteiger partial charge in [-0.3, -0.25) is 4.57 Å². The molecule has 1 aliphatic rings. The highest BCUT2D eigenvalue weighted by Gasteiger charge is 2.45. The largest absolute Gasteiger partial charge is 0.394 e. The molecule has 0 amide bonds.